The molecule has 35 heavy (non-hydrogen) atoms. The molecule has 3 aromatic carbocycles. The van der Waals surface area contributed by atoms with Crippen LogP contribution in [0.2, 0.25) is 0 Å². The zero-order chi connectivity index (χ0) is 24.6. The van der Waals surface area contributed by atoms with Crippen molar-refractivity contribution in [1.82, 2.24) is 0 Å². The Bertz CT molecular complexity index is 1080. The van der Waals surface area contributed by atoms with Crippen molar-refractivity contribution in [1.29, 1.82) is 0 Å². The van der Waals surface area contributed by atoms with E-state index in [1.807, 2.05) is 36.4 Å². The summed E-state index contributed by atoms with van der Waals surface area (Å²) in [6.07, 6.45) is 2.99. The van der Waals surface area contributed by atoms with Gasteiger partial charge in [-0.2, -0.15) is 0 Å². The maximum absolute atomic E-state index is 13.0. The summed E-state index contributed by atoms with van der Waals surface area (Å²) in [5.74, 6) is 1.18. The Balaban J connectivity index is 1.49. The second-order valence-corrected chi connectivity index (χ2v) is 8.71. The first-order chi connectivity index (χ1) is 17.1. The van der Waals surface area contributed by atoms with Gasteiger partial charge < -0.3 is 25.0 Å². The predicted octanol–water partition coefficient (Wildman–Crippen LogP) is 3.24. The van der Waals surface area contributed by atoms with Gasteiger partial charge in [0.1, 0.15) is 17.5 Å². The van der Waals surface area contributed by atoms with Gasteiger partial charge in [-0.25, -0.2) is 0 Å². The van der Waals surface area contributed by atoms with Crippen LogP contribution in [0.3, 0.4) is 0 Å². The maximum atomic E-state index is 13.0. The van der Waals surface area contributed by atoms with Gasteiger partial charge in [-0.3, -0.25) is 9.59 Å². The number of anilines is 2. The number of methoxy groups -OCH3 is 2. The van der Waals surface area contributed by atoms with E-state index in [9.17, 15) is 9.59 Å². The van der Waals surface area contributed by atoms with Crippen molar-refractivity contribution >= 4 is 23.2 Å². The standard InChI is InChI=1S/C28H31N3O4/c1-34-23-14-10-21(11-15-23)29-27(32)18-31(26-9-5-7-20-6-3-4-8-25(20)26)19-28(33)30-22-12-16-24(35-2)17-13-22/h3-4,6,8,10-17,26H,5,7,9,18-19H2,1-2H3,(H,29,32)(H,30,33)/p+1/t26-/m1/s1. The molecule has 0 heterocycles. The molecule has 7 heteroatoms. The van der Waals surface area contributed by atoms with Crippen LogP contribution >= 0.6 is 0 Å². The topological polar surface area (TPSA) is 81.1 Å². The van der Waals surface area contributed by atoms with Crippen molar-refractivity contribution in [3.63, 3.8) is 0 Å². The minimum absolute atomic E-state index is 0.0724. The molecule has 0 unspecified atom stereocenters. The highest BCUT2D eigenvalue weighted by atomic mass is 16.5. The molecular formula is C28H32N3O4+. The molecule has 1 atom stereocenters. The average Bonchev–Trinajstić information content (AvgIpc) is 2.89. The van der Waals surface area contributed by atoms with Gasteiger partial charge in [-0.15, -0.1) is 0 Å². The quantitative estimate of drug-likeness (QED) is 0.445. The highest BCUT2D eigenvalue weighted by molar-refractivity contribution is 5.93. The van der Waals surface area contributed by atoms with Gasteiger partial charge in [-0.05, 0) is 66.9 Å². The third-order valence-electron chi connectivity index (χ3n) is 6.39. The van der Waals surface area contributed by atoms with E-state index in [2.05, 4.69) is 22.8 Å². The Morgan fingerprint density at radius 3 is 1.83 bits per heavy atom. The van der Waals surface area contributed by atoms with Gasteiger partial charge in [0, 0.05) is 23.4 Å². The predicted molar refractivity (Wildman–Crippen MR) is 136 cm³/mol. The number of aryl methyl sites for hydroxylation is 1. The number of quaternary nitrogens is 1. The lowest BCUT2D eigenvalue weighted by Gasteiger charge is -2.32. The van der Waals surface area contributed by atoms with E-state index in [-0.39, 0.29) is 30.9 Å². The zero-order valence-corrected chi connectivity index (χ0v) is 20.2. The summed E-state index contributed by atoms with van der Waals surface area (Å²) in [6, 6.07) is 22.9. The lowest BCUT2D eigenvalue weighted by Crippen LogP contribution is -3.14. The van der Waals surface area contributed by atoms with Crippen LogP contribution in [0.25, 0.3) is 0 Å². The molecule has 0 radical (unpaired) electrons. The molecule has 2 amide bonds. The number of hydrogen-bond donors (Lipinski definition) is 3. The average molecular weight is 475 g/mol. The lowest BCUT2D eigenvalue weighted by molar-refractivity contribution is -0.916. The Kier molecular flexibility index (Phi) is 8.00. The van der Waals surface area contributed by atoms with Crippen LogP contribution in [0.4, 0.5) is 11.4 Å². The van der Waals surface area contributed by atoms with Gasteiger partial charge >= 0.3 is 0 Å². The second-order valence-electron chi connectivity index (χ2n) is 8.71. The number of benzene rings is 3. The fraction of sp³-hybridized carbons (Fsp3) is 0.286. The van der Waals surface area contributed by atoms with Gasteiger partial charge in [-0.1, -0.05) is 24.3 Å². The molecule has 4 rings (SSSR count). The summed E-state index contributed by atoms with van der Waals surface area (Å²) in [6.45, 7) is 0.363. The number of ether oxygens (including phenoxy) is 2. The van der Waals surface area contributed by atoms with E-state index in [4.69, 9.17) is 9.47 Å². The molecule has 3 N–H and O–H groups in total. The van der Waals surface area contributed by atoms with Gasteiger partial charge in [0.25, 0.3) is 11.8 Å². The molecule has 0 bridgehead atoms. The number of amides is 2. The number of nitrogens with one attached hydrogen (secondary N) is 3. The normalized spacial score (nSPS) is 14.7. The van der Waals surface area contributed by atoms with E-state index < -0.39 is 0 Å². The first kappa shape index (κ1) is 24.3. The zero-order valence-electron chi connectivity index (χ0n) is 20.2. The molecule has 0 aromatic heterocycles. The maximum Gasteiger partial charge on any atom is 0.279 e. The number of fused-ring (bicyclic) bond motifs is 1. The summed E-state index contributed by atoms with van der Waals surface area (Å²) in [7, 11) is 3.21. The number of carbonyl (C=O) groups excluding carboxylic acids is 2. The van der Waals surface area contributed by atoms with Gasteiger partial charge in [0.15, 0.2) is 13.1 Å². The van der Waals surface area contributed by atoms with Crippen LogP contribution < -0.4 is 25.0 Å². The third kappa shape index (κ3) is 6.39. The smallest absolute Gasteiger partial charge is 0.279 e. The summed E-state index contributed by atoms with van der Waals surface area (Å²) in [5, 5.41) is 5.92. The largest absolute Gasteiger partial charge is 0.497 e. The van der Waals surface area contributed by atoms with Crippen molar-refractivity contribution in [2.45, 2.75) is 25.3 Å². The number of rotatable bonds is 9. The first-order valence-electron chi connectivity index (χ1n) is 11.9. The molecule has 0 saturated carbocycles. The van der Waals surface area contributed by atoms with Crippen LogP contribution in [0, 0.1) is 0 Å². The molecular weight excluding hydrogens is 442 g/mol. The fourth-order valence-electron chi connectivity index (χ4n) is 4.66. The van der Waals surface area contributed by atoms with E-state index in [1.165, 1.54) is 11.1 Å². The minimum atomic E-state index is -0.134. The number of hydrogen-bond acceptors (Lipinski definition) is 4. The van der Waals surface area contributed by atoms with Gasteiger partial charge in [0.2, 0.25) is 0 Å². The molecule has 1 aliphatic rings. The number of carbonyl (C=O) groups is 2. The SMILES string of the molecule is COc1ccc(NC(=O)C[NH+](CC(=O)Nc2ccc(OC)cc2)[C@@H]2CCCc3ccccc32)cc1. The summed E-state index contributed by atoms with van der Waals surface area (Å²) >= 11 is 0. The fourth-order valence-corrected chi connectivity index (χ4v) is 4.66. The van der Waals surface area contributed by atoms with Crippen molar-refractivity contribution < 1.29 is 24.0 Å². The molecule has 0 aliphatic heterocycles. The van der Waals surface area contributed by atoms with Crippen molar-refractivity contribution in [3.8, 4) is 11.5 Å². The molecule has 0 fully saturated rings. The van der Waals surface area contributed by atoms with Crippen LogP contribution in [0.1, 0.15) is 30.0 Å². The summed E-state index contributed by atoms with van der Waals surface area (Å²) < 4.78 is 10.4. The summed E-state index contributed by atoms with van der Waals surface area (Å²) in [4.78, 5) is 27.0. The van der Waals surface area contributed by atoms with Crippen molar-refractivity contribution in [2.75, 3.05) is 37.9 Å². The molecule has 3 aromatic rings. The second kappa shape index (κ2) is 11.5. The lowest BCUT2D eigenvalue weighted by atomic mass is 9.86. The van der Waals surface area contributed by atoms with E-state index in [0.717, 1.165) is 35.7 Å². The molecule has 0 saturated heterocycles. The third-order valence-corrected chi connectivity index (χ3v) is 6.39. The van der Waals surface area contributed by atoms with Crippen LogP contribution in [0.5, 0.6) is 11.5 Å². The van der Waals surface area contributed by atoms with Crippen molar-refractivity contribution in [3.05, 3.63) is 83.9 Å². The van der Waals surface area contributed by atoms with Crippen LogP contribution in [-0.4, -0.2) is 39.1 Å². The Hall–Kier alpha value is -3.84. The van der Waals surface area contributed by atoms with Gasteiger partial charge in [0.05, 0.1) is 14.2 Å². The monoisotopic (exact) mass is 474 g/mol. The van der Waals surface area contributed by atoms with Crippen LogP contribution in [-0.2, 0) is 16.0 Å². The van der Waals surface area contributed by atoms with Crippen molar-refractivity contribution in [2.24, 2.45) is 0 Å². The first-order valence-corrected chi connectivity index (χ1v) is 11.9. The van der Waals surface area contributed by atoms with E-state index in [0.29, 0.717) is 11.4 Å². The molecule has 1 aliphatic carbocycles. The Morgan fingerprint density at radius 2 is 1.31 bits per heavy atom. The molecule has 182 valence electrons. The van der Waals surface area contributed by atoms with E-state index in [1.54, 1.807) is 38.5 Å². The minimum Gasteiger partial charge on any atom is -0.497 e. The molecule has 7 nitrogen and oxygen atoms in total. The van der Waals surface area contributed by atoms with Crippen LogP contribution in [0.15, 0.2) is 72.8 Å². The Morgan fingerprint density at radius 1 is 0.800 bits per heavy atom. The van der Waals surface area contributed by atoms with E-state index >= 15 is 0 Å². The highest BCUT2D eigenvalue weighted by Gasteiger charge is 2.32. The highest BCUT2D eigenvalue weighted by Crippen LogP contribution is 2.27. The summed E-state index contributed by atoms with van der Waals surface area (Å²) in [5.41, 5.74) is 3.92. The molecule has 0 spiro atoms. The Labute approximate surface area is 206 Å².